The van der Waals surface area contributed by atoms with Crippen molar-refractivity contribution in [2.24, 2.45) is 0 Å². The molecule has 1 heterocycles. The molecule has 0 amide bonds. The van der Waals surface area contributed by atoms with Gasteiger partial charge in [0.25, 0.3) is 0 Å². The number of pyridine rings is 1. The molecule has 0 atom stereocenters. The number of rotatable bonds is 6. The Labute approximate surface area is 114 Å². The first-order valence-electron chi connectivity index (χ1n) is 6.67. The summed E-state index contributed by atoms with van der Waals surface area (Å²) in [4.78, 5) is 4.06. The van der Waals surface area contributed by atoms with Gasteiger partial charge in [0.2, 0.25) is 0 Å². The first-order chi connectivity index (χ1) is 9.29. The van der Waals surface area contributed by atoms with Crippen molar-refractivity contribution >= 4 is 0 Å². The molecule has 0 fully saturated rings. The average Bonchev–Trinajstić information content (AvgIpc) is 2.44. The van der Waals surface area contributed by atoms with E-state index in [4.69, 9.17) is 4.74 Å². The Bertz CT molecular complexity index is 511. The fourth-order valence-electron chi connectivity index (χ4n) is 1.81. The third-order valence-corrected chi connectivity index (χ3v) is 2.87. The van der Waals surface area contributed by atoms with E-state index >= 15 is 0 Å². The van der Waals surface area contributed by atoms with Crippen molar-refractivity contribution in [3.8, 4) is 11.5 Å². The van der Waals surface area contributed by atoms with Gasteiger partial charge in [0.05, 0.1) is 6.20 Å². The molecule has 0 bridgehead atoms. The smallest absolute Gasteiger partial charge is 0.145 e. The summed E-state index contributed by atoms with van der Waals surface area (Å²) in [7, 11) is 0. The monoisotopic (exact) mass is 256 g/mol. The van der Waals surface area contributed by atoms with Crippen LogP contribution in [-0.4, -0.2) is 11.5 Å². The van der Waals surface area contributed by atoms with Gasteiger partial charge in [0.15, 0.2) is 0 Å². The Morgan fingerprint density at radius 1 is 1.26 bits per heavy atom. The van der Waals surface area contributed by atoms with E-state index in [-0.39, 0.29) is 0 Å². The average molecular weight is 256 g/mol. The van der Waals surface area contributed by atoms with Crippen molar-refractivity contribution in [1.29, 1.82) is 0 Å². The normalized spacial score (nSPS) is 10.4. The SMILES string of the molecule is CCCNCc1ccc(C)c(Oc2cccnc2)c1. The summed E-state index contributed by atoms with van der Waals surface area (Å²) in [5, 5.41) is 3.39. The van der Waals surface area contributed by atoms with Crippen molar-refractivity contribution in [3.63, 3.8) is 0 Å². The number of nitrogens with zero attached hydrogens (tertiary/aromatic N) is 1. The Morgan fingerprint density at radius 2 is 2.16 bits per heavy atom. The first kappa shape index (κ1) is 13.6. The summed E-state index contributed by atoms with van der Waals surface area (Å²) in [6.07, 6.45) is 4.61. The van der Waals surface area contributed by atoms with Crippen LogP contribution >= 0.6 is 0 Å². The highest BCUT2D eigenvalue weighted by Gasteiger charge is 2.03. The number of aromatic nitrogens is 1. The largest absolute Gasteiger partial charge is 0.455 e. The molecule has 1 aromatic heterocycles. The van der Waals surface area contributed by atoms with Gasteiger partial charge < -0.3 is 10.1 Å². The highest BCUT2D eigenvalue weighted by Crippen LogP contribution is 2.25. The van der Waals surface area contributed by atoms with Crippen LogP contribution in [0.15, 0.2) is 42.7 Å². The van der Waals surface area contributed by atoms with Gasteiger partial charge in [-0.3, -0.25) is 4.98 Å². The van der Waals surface area contributed by atoms with Crippen LogP contribution in [0.3, 0.4) is 0 Å². The predicted molar refractivity (Wildman–Crippen MR) is 77.5 cm³/mol. The highest BCUT2D eigenvalue weighted by molar-refractivity contribution is 5.39. The van der Waals surface area contributed by atoms with Crippen LogP contribution in [0.5, 0.6) is 11.5 Å². The zero-order chi connectivity index (χ0) is 13.5. The van der Waals surface area contributed by atoms with Crippen LogP contribution in [0.2, 0.25) is 0 Å². The lowest BCUT2D eigenvalue weighted by atomic mass is 10.1. The minimum absolute atomic E-state index is 0.768. The summed E-state index contributed by atoms with van der Waals surface area (Å²) >= 11 is 0. The molecule has 0 unspecified atom stereocenters. The van der Waals surface area contributed by atoms with E-state index in [0.717, 1.165) is 36.6 Å². The van der Waals surface area contributed by atoms with Crippen LogP contribution in [0, 0.1) is 6.92 Å². The maximum absolute atomic E-state index is 5.87. The fourth-order valence-corrected chi connectivity index (χ4v) is 1.81. The van der Waals surface area contributed by atoms with Gasteiger partial charge in [-0.15, -0.1) is 0 Å². The molecule has 19 heavy (non-hydrogen) atoms. The molecule has 1 aromatic carbocycles. The Hall–Kier alpha value is -1.87. The topological polar surface area (TPSA) is 34.1 Å². The zero-order valence-electron chi connectivity index (χ0n) is 11.5. The first-order valence-corrected chi connectivity index (χ1v) is 6.67. The second kappa shape index (κ2) is 6.90. The quantitative estimate of drug-likeness (QED) is 0.800. The van der Waals surface area contributed by atoms with Crippen molar-refractivity contribution in [3.05, 3.63) is 53.9 Å². The molecule has 3 heteroatoms. The third kappa shape index (κ3) is 4.07. The molecular weight excluding hydrogens is 236 g/mol. The second-order valence-corrected chi connectivity index (χ2v) is 4.57. The van der Waals surface area contributed by atoms with E-state index in [9.17, 15) is 0 Å². The number of nitrogens with one attached hydrogen (secondary N) is 1. The van der Waals surface area contributed by atoms with Crippen molar-refractivity contribution in [2.75, 3.05) is 6.54 Å². The van der Waals surface area contributed by atoms with Crippen LogP contribution in [0.1, 0.15) is 24.5 Å². The van der Waals surface area contributed by atoms with Crippen LogP contribution in [0.25, 0.3) is 0 Å². The standard InChI is InChI=1S/C16H20N2O/c1-3-8-17-11-14-7-6-13(2)16(10-14)19-15-5-4-9-18-12-15/h4-7,9-10,12,17H,3,8,11H2,1-2H3. The summed E-state index contributed by atoms with van der Waals surface area (Å²) < 4.78 is 5.87. The minimum Gasteiger partial charge on any atom is -0.455 e. The molecule has 1 N–H and O–H groups in total. The van der Waals surface area contributed by atoms with Crippen LogP contribution in [-0.2, 0) is 6.54 Å². The number of hydrogen-bond donors (Lipinski definition) is 1. The van der Waals surface area contributed by atoms with E-state index < -0.39 is 0 Å². The molecular formula is C16H20N2O. The minimum atomic E-state index is 0.768. The van der Waals surface area contributed by atoms with E-state index in [2.05, 4.69) is 42.3 Å². The lowest BCUT2D eigenvalue weighted by molar-refractivity contribution is 0.475. The maximum atomic E-state index is 5.87. The number of hydrogen-bond acceptors (Lipinski definition) is 3. The van der Waals surface area contributed by atoms with Crippen molar-refractivity contribution in [2.45, 2.75) is 26.8 Å². The molecule has 0 saturated carbocycles. The van der Waals surface area contributed by atoms with Gasteiger partial charge >= 0.3 is 0 Å². The summed E-state index contributed by atoms with van der Waals surface area (Å²) in [5.74, 6) is 1.66. The summed E-state index contributed by atoms with van der Waals surface area (Å²) in [6.45, 7) is 6.12. The zero-order valence-corrected chi connectivity index (χ0v) is 11.5. The van der Waals surface area contributed by atoms with Gasteiger partial charge in [-0.2, -0.15) is 0 Å². The van der Waals surface area contributed by atoms with Gasteiger partial charge in [0.1, 0.15) is 11.5 Å². The lowest BCUT2D eigenvalue weighted by Gasteiger charge is -2.11. The fraction of sp³-hybridized carbons (Fsp3) is 0.312. The molecule has 100 valence electrons. The van der Waals surface area contributed by atoms with Crippen LogP contribution in [0.4, 0.5) is 0 Å². The maximum Gasteiger partial charge on any atom is 0.145 e. The Balaban J connectivity index is 2.09. The van der Waals surface area contributed by atoms with Gasteiger partial charge in [0, 0.05) is 12.7 Å². The second-order valence-electron chi connectivity index (χ2n) is 4.57. The van der Waals surface area contributed by atoms with Gasteiger partial charge in [-0.05, 0) is 49.2 Å². The number of ether oxygens (including phenoxy) is 1. The molecule has 2 aromatic rings. The Morgan fingerprint density at radius 3 is 2.89 bits per heavy atom. The molecule has 0 aliphatic rings. The van der Waals surface area contributed by atoms with Gasteiger partial charge in [-0.1, -0.05) is 19.1 Å². The van der Waals surface area contributed by atoms with Gasteiger partial charge in [-0.25, -0.2) is 0 Å². The summed E-state index contributed by atoms with van der Waals surface area (Å²) in [6, 6.07) is 10.1. The Kier molecular flexibility index (Phi) is 4.93. The summed E-state index contributed by atoms with van der Waals surface area (Å²) in [5.41, 5.74) is 2.36. The van der Waals surface area contributed by atoms with E-state index in [0.29, 0.717) is 0 Å². The van der Waals surface area contributed by atoms with E-state index in [1.807, 2.05) is 12.1 Å². The van der Waals surface area contributed by atoms with E-state index in [1.165, 1.54) is 5.56 Å². The third-order valence-electron chi connectivity index (χ3n) is 2.87. The molecule has 0 spiro atoms. The predicted octanol–water partition coefficient (Wildman–Crippen LogP) is 3.68. The molecule has 0 aliphatic heterocycles. The highest BCUT2D eigenvalue weighted by atomic mass is 16.5. The van der Waals surface area contributed by atoms with Crippen molar-refractivity contribution in [1.82, 2.24) is 10.3 Å². The number of aryl methyl sites for hydroxylation is 1. The van der Waals surface area contributed by atoms with E-state index in [1.54, 1.807) is 12.4 Å². The number of benzene rings is 1. The van der Waals surface area contributed by atoms with Crippen molar-refractivity contribution < 1.29 is 4.74 Å². The molecule has 0 saturated heterocycles. The van der Waals surface area contributed by atoms with Crippen LogP contribution < -0.4 is 10.1 Å². The lowest BCUT2D eigenvalue weighted by Crippen LogP contribution is -2.13. The molecule has 3 nitrogen and oxygen atoms in total. The molecule has 0 radical (unpaired) electrons. The molecule has 0 aliphatic carbocycles. The molecule has 2 rings (SSSR count).